The van der Waals surface area contributed by atoms with Gasteiger partial charge >= 0.3 is 0 Å². The van der Waals surface area contributed by atoms with Crippen LogP contribution in [0.5, 0.6) is 0 Å². The van der Waals surface area contributed by atoms with Crippen molar-refractivity contribution in [3.63, 3.8) is 0 Å². The minimum atomic E-state index is -0.510. The number of hydrogen-bond acceptors (Lipinski definition) is 6. The standard InChI is InChI=1S/C16H16FN5O2S/c1-2-7-19-13(23)9-25-16-20-8-12(14(18)22-16)15(24)21-11-5-3-10(17)4-6-11/h2-6,8H,1,7,9H2,(H,19,23)(H,21,24)(H2,18,20,22). The van der Waals surface area contributed by atoms with E-state index in [2.05, 4.69) is 27.2 Å². The lowest BCUT2D eigenvalue weighted by Gasteiger charge is -2.08. The molecular formula is C16H16FN5O2S. The molecule has 25 heavy (non-hydrogen) atoms. The second kappa shape index (κ2) is 8.78. The molecule has 0 fully saturated rings. The molecule has 1 aromatic heterocycles. The van der Waals surface area contributed by atoms with Crippen molar-refractivity contribution in [2.24, 2.45) is 0 Å². The molecule has 0 radical (unpaired) electrons. The van der Waals surface area contributed by atoms with Gasteiger partial charge in [0.15, 0.2) is 5.16 Å². The molecule has 0 aliphatic rings. The highest BCUT2D eigenvalue weighted by atomic mass is 32.2. The van der Waals surface area contributed by atoms with Gasteiger partial charge < -0.3 is 16.4 Å². The third-order valence-corrected chi connectivity index (χ3v) is 3.78. The number of rotatable bonds is 7. The van der Waals surface area contributed by atoms with Crippen LogP contribution in [-0.2, 0) is 4.79 Å². The summed E-state index contributed by atoms with van der Waals surface area (Å²) in [6, 6.07) is 5.31. The van der Waals surface area contributed by atoms with Gasteiger partial charge in [-0.2, -0.15) is 0 Å². The molecule has 0 atom stereocenters. The number of aromatic nitrogens is 2. The van der Waals surface area contributed by atoms with Crippen LogP contribution in [0.25, 0.3) is 0 Å². The highest BCUT2D eigenvalue weighted by Crippen LogP contribution is 2.17. The summed E-state index contributed by atoms with van der Waals surface area (Å²) in [5, 5.41) is 5.48. The Morgan fingerprint density at radius 2 is 2.04 bits per heavy atom. The number of carbonyl (C=O) groups is 2. The SMILES string of the molecule is C=CCNC(=O)CSc1ncc(C(=O)Nc2ccc(F)cc2)c(N)n1. The molecule has 0 saturated carbocycles. The van der Waals surface area contributed by atoms with Crippen molar-refractivity contribution < 1.29 is 14.0 Å². The second-order valence-corrected chi connectivity index (χ2v) is 5.74. The highest BCUT2D eigenvalue weighted by molar-refractivity contribution is 7.99. The third kappa shape index (κ3) is 5.57. The average Bonchev–Trinajstić information content (AvgIpc) is 2.60. The number of halogens is 1. The molecule has 9 heteroatoms. The van der Waals surface area contributed by atoms with Gasteiger partial charge in [0.1, 0.15) is 17.2 Å². The van der Waals surface area contributed by atoms with Gasteiger partial charge in [-0.1, -0.05) is 17.8 Å². The summed E-state index contributed by atoms with van der Waals surface area (Å²) in [4.78, 5) is 31.7. The van der Waals surface area contributed by atoms with Crippen molar-refractivity contribution in [1.29, 1.82) is 0 Å². The number of nitrogen functional groups attached to an aromatic ring is 1. The molecule has 4 N–H and O–H groups in total. The van der Waals surface area contributed by atoms with Crippen LogP contribution in [0.2, 0.25) is 0 Å². The van der Waals surface area contributed by atoms with Crippen LogP contribution in [0.3, 0.4) is 0 Å². The minimum absolute atomic E-state index is 0.0105. The summed E-state index contributed by atoms with van der Waals surface area (Å²) < 4.78 is 12.9. The van der Waals surface area contributed by atoms with Gasteiger partial charge in [0.05, 0.1) is 5.75 Å². The summed E-state index contributed by atoms with van der Waals surface area (Å²) in [7, 11) is 0. The molecule has 1 aromatic carbocycles. The van der Waals surface area contributed by atoms with E-state index in [1.165, 1.54) is 30.5 Å². The monoisotopic (exact) mass is 361 g/mol. The van der Waals surface area contributed by atoms with E-state index in [0.29, 0.717) is 12.2 Å². The smallest absolute Gasteiger partial charge is 0.260 e. The lowest BCUT2D eigenvalue weighted by Crippen LogP contribution is -2.25. The molecule has 0 bridgehead atoms. The van der Waals surface area contributed by atoms with E-state index in [0.717, 1.165) is 11.8 Å². The first-order chi connectivity index (χ1) is 12.0. The fourth-order valence-corrected chi connectivity index (χ4v) is 2.37. The normalized spacial score (nSPS) is 10.1. The summed E-state index contributed by atoms with van der Waals surface area (Å²) in [5.74, 6) is -0.994. The van der Waals surface area contributed by atoms with E-state index < -0.39 is 11.7 Å². The number of amides is 2. The van der Waals surface area contributed by atoms with Gasteiger partial charge in [-0.05, 0) is 24.3 Å². The van der Waals surface area contributed by atoms with E-state index in [1.807, 2.05) is 0 Å². The maximum absolute atomic E-state index is 12.9. The number of thioether (sulfide) groups is 1. The molecule has 130 valence electrons. The largest absolute Gasteiger partial charge is 0.383 e. The van der Waals surface area contributed by atoms with Crippen molar-refractivity contribution in [1.82, 2.24) is 15.3 Å². The maximum atomic E-state index is 12.9. The van der Waals surface area contributed by atoms with Crippen LogP contribution in [0.15, 0.2) is 48.3 Å². The lowest BCUT2D eigenvalue weighted by atomic mass is 10.2. The number of benzene rings is 1. The minimum Gasteiger partial charge on any atom is -0.383 e. The number of nitrogens with two attached hydrogens (primary N) is 1. The number of carbonyl (C=O) groups excluding carboxylic acids is 2. The Labute approximate surface area is 147 Å². The van der Waals surface area contributed by atoms with E-state index >= 15 is 0 Å². The molecule has 0 aliphatic carbocycles. The maximum Gasteiger partial charge on any atom is 0.260 e. The number of nitrogens with one attached hydrogen (secondary N) is 2. The Kier molecular flexibility index (Phi) is 6.47. The average molecular weight is 361 g/mol. The Morgan fingerprint density at radius 1 is 1.32 bits per heavy atom. The van der Waals surface area contributed by atoms with Gasteiger partial charge in [0.2, 0.25) is 5.91 Å². The van der Waals surface area contributed by atoms with Crippen LogP contribution in [0, 0.1) is 5.82 Å². The number of hydrogen-bond donors (Lipinski definition) is 3. The highest BCUT2D eigenvalue weighted by Gasteiger charge is 2.14. The zero-order valence-corrected chi connectivity index (χ0v) is 14.0. The molecule has 0 aliphatic heterocycles. The Hall–Kier alpha value is -2.94. The van der Waals surface area contributed by atoms with Gasteiger partial charge in [-0.25, -0.2) is 14.4 Å². The summed E-state index contributed by atoms with van der Waals surface area (Å²) in [6.07, 6.45) is 2.86. The van der Waals surface area contributed by atoms with Gasteiger partial charge in [0.25, 0.3) is 5.91 Å². The van der Waals surface area contributed by atoms with Crippen LogP contribution in [-0.4, -0.2) is 34.1 Å². The lowest BCUT2D eigenvalue weighted by molar-refractivity contribution is -0.118. The van der Waals surface area contributed by atoms with Gasteiger partial charge in [0, 0.05) is 18.4 Å². The van der Waals surface area contributed by atoms with Crippen molar-refractivity contribution in [3.8, 4) is 0 Å². The zero-order valence-electron chi connectivity index (χ0n) is 13.2. The predicted octanol–water partition coefficient (Wildman–Crippen LogP) is 1.84. The molecule has 7 nitrogen and oxygen atoms in total. The van der Waals surface area contributed by atoms with Crippen molar-refractivity contribution in [2.45, 2.75) is 5.16 Å². The fraction of sp³-hybridized carbons (Fsp3) is 0.125. The van der Waals surface area contributed by atoms with Crippen LogP contribution in [0.1, 0.15) is 10.4 Å². The first kappa shape index (κ1) is 18.4. The summed E-state index contributed by atoms with van der Waals surface area (Å²) in [6.45, 7) is 3.88. The predicted molar refractivity (Wildman–Crippen MR) is 94.7 cm³/mol. The molecule has 2 rings (SSSR count). The van der Waals surface area contributed by atoms with E-state index in [9.17, 15) is 14.0 Å². The quantitative estimate of drug-likeness (QED) is 0.394. The van der Waals surface area contributed by atoms with Crippen LogP contribution < -0.4 is 16.4 Å². The fourth-order valence-electron chi connectivity index (χ4n) is 1.72. The first-order valence-electron chi connectivity index (χ1n) is 7.19. The van der Waals surface area contributed by atoms with Crippen molar-refractivity contribution >= 4 is 35.1 Å². The van der Waals surface area contributed by atoms with Gasteiger partial charge in [-0.3, -0.25) is 9.59 Å². The molecular weight excluding hydrogens is 345 g/mol. The summed E-state index contributed by atoms with van der Waals surface area (Å²) in [5.41, 5.74) is 6.29. The first-order valence-corrected chi connectivity index (χ1v) is 8.18. The topological polar surface area (TPSA) is 110 Å². The molecule has 0 saturated heterocycles. The van der Waals surface area contributed by atoms with Crippen LogP contribution in [0.4, 0.5) is 15.9 Å². The number of anilines is 2. The van der Waals surface area contributed by atoms with E-state index in [-0.39, 0.29) is 28.2 Å². The van der Waals surface area contributed by atoms with Crippen molar-refractivity contribution in [2.75, 3.05) is 23.3 Å². The van der Waals surface area contributed by atoms with Gasteiger partial charge in [-0.15, -0.1) is 6.58 Å². The third-order valence-electron chi connectivity index (χ3n) is 2.92. The zero-order chi connectivity index (χ0) is 18.2. The Morgan fingerprint density at radius 3 is 2.68 bits per heavy atom. The molecule has 2 amide bonds. The molecule has 0 unspecified atom stereocenters. The molecule has 0 spiro atoms. The summed E-state index contributed by atoms with van der Waals surface area (Å²) >= 11 is 1.10. The Balaban J connectivity index is 1.98. The van der Waals surface area contributed by atoms with E-state index in [4.69, 9.17) is 5.73 Å². The van der Waals surface area contributed by atoms with E-state index in [1.54, 1.807) is 6.08 Å². The second-order valence-electron chi connectivity index (χ2n) is 4.79. The Bertz CT molecular complexity index is 783. The molecule has 1 heterocycles. The van der Waals surface area contributed by atoms with Crippen molar-refractivity contribution in [3.05, 3.63) is 54.5 Å². The molecule has 2 aromatic rings. The van der Waals surface area contributed by atoms with Crippen LogP contribution >= 0.6 is 11.8 Å². The number of nitrogens with zero attached hydrogens (tertiary/aromatic N) is 2.